The third-order valence-electron chi connectivity index (χ3n) is 2.86. The average Bonchev–Trinajstić information content (AvgIpc) is 2.87. The number of amides is 1. The molecule has 0 spiro atoms. The van der Waals surface area contributed by atoms with Gasteiger partial charge >= 0.3 is 6.09 Å². The molecule has 0 atom stereocenters. The van der Waals surface area contributed by atoms with Crippen molar-refractivity contribution in [2.24, 2.45) is 0 Å². The van der Waals surface area contributed by atoms with Gasteiger partial charge in [-0.15, -0.1) is 0 Å². The summed E-state index contributed by atoms with van der Waals surface area (Å²) in [5, 5.41) is 23.9. The molecule has 9 nitrogen and oxygen atoms in total. The van der Waals surface area contributed by atoms with E-state index in [-0.39, 0.29) is 12.2 Å². The van der Waals surface area contributed by atoms with E-state index in [1.54, 1.807) is 26.8 Å². The monoisotopic (exact) mass is 321 g/mol. The maximum absolute atomic E-state index is 11.5. The van der Waals surface area contributed by atoms with Crippen LogP contribution in [0.5, 0.6) is 0 Å². The van der Waals surface area contributed by atoms with Gasteiger partial charge in [-0.25, -0.2) is 4.79 Å². The average molecular weight is 321 g/mol. The topological polar surface area (TPSA) is 122 Å². The van der Waals surface area contributed by atoms with Crippen LogP contribution in [-0.2, 0) is 4.74 Å². The second kappa shape index (κ2) is 6.51. The fraction of sp³-hybridized carbons (Fsp3) is 0.429. The summed E-state index contributed by atoms with van der Waals surface area (Å²) in [5.74, 6) is 0. The lowest BCUT2D eigenvalue weighted by Crippen LogP contribution is -2.35. The molecule has 124 valence electrons. The molecule has 0 aliphatic rings. The van der Waals surface area contributed by atoms with Gasteiger partial charge in [0, 0.05) is 24.5 Å². The van der Waals surface area contributed by atoms with Crippen LogP contribution in [0, 0.1) is 10.1 Å². The Hall–Kier alpha value is -2.84. The van der Waals surface area contributed by atoms with Gasteiger partial charge in [0.15, 0.2) is 0 Å². The van der Waals surface area contributed by atoms with Gasteiger partial charge in [-0.1, -0.05) is 0 Å². The number of hydrogen-bond donors (Lipinski definition) is 3. The van der Waals surface area contributed by atoms with Crippen molar-refractivity contribution in [1.82, 2.24) is 15.5 Å². The van der Waals surface area contributed by atoms with Crippen molar-refractivity contribution in [2.45, 2.75) is 26.4 Å². The Bertz CT molecular complexity index is 720. The summed E-state index contributed by atoms with van der Waals surface area (Å²) in [5.41, 5.74) is 0.439. The van der Waals surface area contributed by atoms with Gasteiger partial charge in [-0.05, 0) is 26.8 Å². The van der Waals surface area contributed by atoms with E-state index in [0.717, 1.165) is 0 Å². The summed E-state index contributed by atoms with van der Waals surface area (Å²) in [6, 6.07) is 3.07. The molecule has 9 heteroatoms. The molecule has 0 unspecified atom stereocenters. The van der Waals surface area contributed by atoms with Gasteiger partial charge in [0.05, 0.1) is 16.6 Å². The first kappa shape index (κ1) is 16.5. The van der Waals surface area contributed by atoms with Crippen molar-refractivity contribution < 1.29 is 14.5 Å². The van der Waals surface area contributed by atoms with Crippen LogP contribution in [0.4, 0.5) is 16.2 Å². The minimum Gasteiger partial charge on any atom is -0.444 e. The number of benzene rings is 1. The van der Waals surface area contributed by atoms with E-state index in [2.05, 4.69) is 20.8 Å². The molecule has 23 heavy (non-hydrogen) atoms. The van der Waals surface area contributed by atoms with Gasteiger partial charge in [0.25, 0.3) is 5.69 Å². The highest BCUT2D eigenvalue weighted by Gasteiger charge is 2.17. The van der Waals surface area contributed by atoms with Crippen molar-refractivity contribution in [1.29, 1.82) is 0 Å². The first-order valence-corrected chi connectivity index (χ1v) is 7.08. The molecule has 1 aromatic carbocycles. The Morgan fingerprint density at radius 3 is 2.78 bits per heavy atom. The number of alkyl carbamates (subject to hydrolysis) is 1. The number of anilines is 1. The minimum absolute atomic E-state index is 0.0452. The van der Waals surface area contributed by atoms with Crippen molar-refractivity contribution in [3.63, 3.8) is 0 Å². The summed E-state index contributed by atoms with van der Waals surface area (Å²) >= 11 is 0. The molecule has 3 N–H and O–H groups in total. The number of nitro benzene ring substituents is 1. The fourth-order valence-corrected chi connectivity index (χ4v) is 1.95. The number of nitro groups is 1. The third-order valence-corrected chi connectivity index (χ3v) is 2.86. The zero-order valence-corrected chi connectivity index (χ0v) is 13.2. The lowest BCUT2D eigenvalue weighted by atomic mass is 10.2. The number of H-pyrrole nitrogens is 1. The van der Waals surface area contributed by atoms with Gasteiger partial charge in [-0.3, -0.25) is 15.2 Å². The lowest BCUT2D eigenvalue weighted by molar-refractivity contribution is -0.383. The number of aromatic nitrogens is 2. The largest absolute Gasteiger partial charge is 0.444 e. The van der Waals surface area contributed by atoms with Crippen LogP contribution in [0.25, 0.3) is 10.9 Å². The van der Waals surface area contributed by atoms with Crippen LogP contribution >= 0.6 is 0 Å². The molecule has 1 heterocycles. The van der Waals surface area contributed by atoms with E-state index in [4.69, 9.17) is 4.74 Å². The highest BCUT2D eigenvalue weighted by atomic mass is 16.6. The molecular formula is C14H19N5O4. The molecule has 0 saturated heterocycles. The van der Waals surface area contributed by atoms with Gasteiger partial charge in [0.2, 0.25) is 0 Å². The molecule has 0 saturated carbocycles. The van der Waals surface area contributed by atoms with E-state index in [9.17, 15) is 14.9 Å². The molecule has 0 bridgehead atoms. The lowest BCUT2D eigenvalue weighted by Gasteiger charge is -2.19. The van der Waals surface area contributed by atoms with Gasteiger partial charge < -0.3 is 15.4 Å². The number of carbonyl (C=O) groups excluding carboxylic acids is 1. The number of nitrogens with one attached hydrogen (secondary N) is 3. The Morgan fingerprint density at radius 1 is 1.39 bits per heavy atom. The normalized spacial score (nSPS) is 11.3. The quantitative estimate of drug-likeness (QED) is 0.441. The van der Waals surface area contributed by atoms with Crippen LogP contribution in [-0.4, -0.2) is 39.9 Å². The van der Waals surface area contributed by atoms with Crippen molar-refractivity contribution in [3.8, 4) is 0 Å². The Balaban J connectivity index is 1.95. The number of rotatable bonds is 5. The van der Waals surface area contributed by atoms with E-state index in [1.165, 1.54) is 12.3 Å². The van der Waals surface area contributed by atoms with Crippen molar-refractivity contribution in [2.75, 3.05) is 18.4 Å². The predicted octanol–water partition coefficient (Wildman–Crippen LogP) is 2.41. The Labute approximate surface area is 132 Å². The number of carbonyl (C=O) groups is 1. The molecular weight excluding hydrogens is 302 g/mol. The number of ether oxygens (including phenoxy) is 1. The van der Waals surface area contributed by atoms with Crippen LogP contribution < -0.4 is 10.6 Å². The standard InChI is InChI=1S/C14H19N5O4/c1-14(2,3)23-13(20)16-5-4-15-11-7-10-9(8-17-18-10)6-12(11)19(21)22/h6-8,15H,4-5H2,1-3H3,(H,16,20)(H,17,18). The molecule has 2 rings (SSSR count). The first-order valence-electron chi connectivity index (χ1n) is 7.08. The summed E-state index contributed by atoms with van der Waals surface area (Å²) in [7, 11) is 0. The van der Waals surface area contributed by atoms with Crippen LogP contribution in [0.1, 0.15) is 20.8 Å². The smallest absolute Gasteiger partial charge is 0.407 e. The Morgan fingerprint density at radius 2 is 2.13 bits per heavy atom. The van der Waals surface area contributed by atoms with E-state index in [0.29, 0.717) is 23.1 Å². The van der Waals surface area contributed by atoms with Gasteiger partial charge in [-0.2, -0.15) is 5.10 Å². The van der Waals surface area contributed by atoms with Crippen LogP contribution in [0.3, 0.4) is 0 Å². The molecule has 0 radical (unpaired) electrons. The van der Waals surface area contributed by atoms with Crippen LogP contribution in [0.2, 0.25) is 0 Å². The molecule has 2 aromatic rings. The summed E-state index contributed by atoms with van der Waals surface area (Å²) in [4.78, 5) is 22.2. The molecule has 0 aliphatic carbocycles. The maximum Gasteiger partial charge on any atom is 0.407 e. The van der Waals surface area contributed by atoms with E-state index in [1.807, 2.05) is 0 Å². The second-order valence-electron chi connectivity index (χ2n) is 5.94. The molecule has 0 fully saturated rings. The zero-order valence-electron chi connectivity index (χ0n) is 13.2. The molecule has 1 aromatic heterocycles. The van der Waals surface area contributed by atoms with Crippen molar-refractivity contribution >= 4 is 28.4 Å². The number of fused-ring (bicyclic) bond motifs is 1. The highest BCUT2D eigenvalue weighted by Crippen LogP contribution is 2.28. The predicted molar refractivity (Wildman–Crippen MR) is 85.5 cm³/mol. The van der Waals surface area contributed by atoms with Crippen molar-refractivity contribution in [3.05, 3.63) is 28.4 Å². The Kier molecular flexibility index (Phi) is 4.68. The number of nitrogens with zero attached hydrogens (tertiary/aromatic N) is 2. The number of aromatic amines is 1. The SMILES string of the molecule is CC(C)(C)OC(=O)NCCNc1cc2[nH]ncc2cc1[N+](=O)[O-]. The molecule has 1 amide bonds. The molecule has 0 aliphatic heterocycles. The second-order valence-corrected chi connectivity index (χ2v) is 5.94. The zero-order chi connectivity index (χ0) is 17.0. The third kappa shape index (κ3) is 4.56. The van der Waals surface area contributed by atoms with Gasteiger partial charge in [0.1, 0.15) is 11.3 Å². The van der Waals surface area contributed by atoms with E-state index >= 15 is 0 Å². The highest BCUT2D eigenvalue weighted by molar-refractivity contribution is 5.87. The van der Waals surface area contributed by atoms with Crippen LogP contribution in [0.15, 0.2) is 18.3 Å². The maximum atomic E-state index is 11.5. The summed E-state index contributed by atoms with van der Waals surface area (Å²) in [6.45, 7) is 5.90. The summed E-state index contributed by atoms with van der Waals surface area (Å²) in [6.07, 6.45) is 0.994. The summed E-state index contributed by atoms with van der Waals surface area (Å²) < 4.78 is 5.10. The minimum atomic E-state index is -0.568. The first-order chi connectivity index (χ1) is 10.8. The fourth-order valence-electron chi connectivity index (χ4n) is 1.95. The van der Waals surface area contributed by atoms with E-state index < -0.39 is 16.6 Å². The number of hydrogen-bond acceptors (Lipinski definition) is 6.